The molecule has 0 saturated heterocycles. The van der Waals surface area contributed by atoms with Crippen molar-refractivity contribution in [3.63, 3.8) is 0 Å². The van der Waals surface area contributed by atoms with E-state index in [0.717, 1.165) is 0 Å². The molecule has 0 heteroatoms. The molecule has 10 heavy (non-hydrogen) atoms. The molecule has 0 nitrogen and oxygen atoms in total. The summed E-state index contributed by atoms with van der Waals surface area (Å²) in [6.45, 7) is 8.00. The van der Waals surface area contributed by atoms with Crippen LogP contribution in [-0.4, -0.2) is 0 Å². The van der Waals surface area contributed by atoms with Crippen LogP contribution >= 0.6 is 0 Å². The smallest absolute Gasteiger partial charge is 0.0533 e. The number of rotatable bonds is 0. The van der Waals surface area contributed by atoms with Gasteiger partial charge in [0, 0.05) is 0 Å². The molecule has 0 radical (unpaired) electrons. The molecular weight excluding hydrogens is 120 g/mol. The van der Waals surface area contributed by atoms with Gasteiger partial charge in [0.2, 0.25) is 0 Å². The summed E-state index contributed by atoms with van der Waals surface area (Å²) in [5.74, 6) is 0. The molecule has 0 aliphatic heterocycles. The predicted octanol–water partition coefficient (Wildman–Crippen LogP) is 4.89. The molecule has 0 atom stereocenters. The van der Waals surface area contributed by atoms with Crippen LogP contribution in [0.2, 0.25) is 0 Å². The fraction of sp³-hybridized carbons (Fsp3) is 1.00. The molecule has 1 rings (SSSR count). The van der Waals surface area contributed by atoms with Crippen molar-refractivity contribution < 1.29 is 0 Å². The highest BCUT2D eigenvalue weighted by molar-refractivity contribution is 4.50. The van der Waals surface area contributed by atoms with Crippen LogP contribution in [0.4, 0.5) is 0 Å². The van der Waals surface area contributed by atoms with Crippen molar-refractivity contribution in [3.05, 3.63) is 0 Å². The summed E-state index contributed by atoms with van der Waals surface area (Å²) in [6, 6.07) is 0. The van der Waals surface area contributed by atoms with Crippen molar-refractivity contribution in [1.29, 1.82) is 0 Å². The second-order valence-corrected chi connectivity index (χ2v) is 1.41. The van der Waals surface area contributed by atoms with Gasteiger partial charge in [0.05, 0.1) is 0 Å². The van der Waals surface area contributed by atoms with E-state index in [1.54, 1.807) is 0 Å². The van der Waals surface area contributed by atoms with Crippen LogP contribution in [0.25, 0.3) is 0 Å². The van der Waals surface area contributed by atoms with Crippen molar-refractivity contribution in [3.8, 4) is 0 Å². The third-order valence-electron chi connectivity index (χ3n) is 1.000. The lowest BCUT2D eigenvalue weighted by molar-refractivity contribution is 0.504. The minimum Gasteiger partial charge on any atom is -0.0776 e. The Balaban J connectivity index is -0.0000000275. The average Bonchev–Trinajstić information content (AvgIpc) is 1.72. The molecule has 1 saturated carbocycles. The normalized spacial score (nSPS) is 10.8. The van der Waals surface area contributed by atoms with Crippen molar-refractivity contribution in [1.82, 2.24) is 0 Å². The molecule has 0 N–H and O–H groups in total. The molecule has 0 spiro atoms. The van der Waals surface area contributed by atoms with Crippen LogP contribution in [0.3, 0.4) is 0 Å². The molecular formula is C10H28. The first-order chi connectivity index (χ1) is 4.00. The van der Waals surface area contributed by atoms with Gasteiger partial charge in [-0.1, -0.05) is 68.2 Å². The van der Waals surface area contributed by atoms with E-state index in [1.807, 2.05) is 27.7 Å². The fourth-order valence-electron chi connectivity index (χ4n) is 0.250. The van der Waals surface area contributed by atoms with Gasteiger partial charge >= 0.3 is 0 Å². The SMILES string of the molecule is C.C.C1CCC1.CC.CC. The van der Waals surface area contributed by atoms with Gasteiger partial charge in [0.1, 0.15) is 0 Å². The summed E-state index contributed by atoms with van der Waals surface area (Å²) in [7, 11) is 0. The molecule has 0 heterocycles. The number of hydrogen-bond acceptors (Lipinski definition) is 0. The summed E-state index contributed by atoms with van der Waals surface area (Å²) in [5, 5.41) is 0. The topological polar surface area (TPSA) is 0 Å². The van der Waals surface area contributed by atoms with E-state index < -0.39 is 0 Å². The van der Waals surface area contributed by atoms with Crippen LogP contribution in [0, 0.1) is 0 Å². The van der Waals surface area contributed by atoms with E-state index in [1.165, 1.54) is 25.7 Å². The van der Waals surface area contributed by atoms with Crippen molar-refractivity contribution in [2.24, 2.45) is 0 Å². The molecule has 0 bridgehead atoms. The molecule has 0 unspecified atom stereocenters. The van der Waals surface area contributed by atoms with Gasteiger partial charge in [0.15, 0.2) is 0 Å². The lowest BCUT2D eigenvalue weighted by Crippen LogP contribution is -1.85. The molecule has 68 valence electrons. The standard InChI is InChI=1S/C4H8.2C2H6.2CH4/c1-2-4-3-1;2*1-2;;/h1-4H2;2*1-2H3;2*1H4. The van der Waals surface area contributed by atoms with E-state index in [2.05, 4.69) is 0 Å². The molecule has 1 fully saturated rings. The Hall–Kier alpha value is 0. The Bertz CT molecular complexity index is 8.00. The zero-order valence-corrected chi connectivity index (χ0v) is 6.83. The number of hydrogen-bond donors (Lipinski definition) is 0. The highest BCUT2D eigenvalue weighted by Crippen LogP contribution is 2.15. The monoisotopic (exact) mass is 148 g/mol. The summed E-state index contributed by atoms with van der Waals surface area (Å²) in [5.41, 5.74) is 0. The summed E-state index contributed by atoms with van der Waals surface area (Å²) < 4.78 is 0. The zero-order valence-electron chi connectivity index (χ0n) is 6.83. The highest BCUT2D eigenvalue weighted by atomic mass is 14.0. The third-order valence-corrected chi connectivity index (χ3v) is 1.000. The van der Waals surface area contributed by atoms with Crippen LogP contribution in [0.15, 0.2) is 0 Å². The fourth-order valence-corrected chi connectivity index (χ4v) is 0.250. The van der Waals surface area contributed by atoms with Gasteiger partial charge in [-0.3, -0.25) is 0 Å². The first-order valence-electron chi connectivity index (χ1n) is 4.00. The second-order valence-electron chi connectivity index (χ2n) is 1.41. The van der Waals surface area contributed by atoms with E-state index in [9.17, 15) is 0 Å². The molecule has 1 aliphatic carbocycles. The van der Waals surface area contributed by atoms with Gasteiger partial charge in [0.25, 0.3) is 0 Å². The van der Waals surface area contributed by atoms with Gasteiger partial charge in [-0.15, -0.1) is 0 Å². The van der Waals surface area contributed by atoms with Crippen LogP contribution in [0.5, 0.6) is 0 Å². The maximum Gasteiger partial charge on any atom is -0.0533 e. The van der Waals surface area contributed by atoms with Gasteiger partial charge < -0.3 is 0 Å². The first-order valence-corrected chi connectivity index (χ1v) is 4.00. The van der Waals surface area contributed by atoms with E-state index >= 15 is 0 Å². The second kappa shape index (κ2) is 36.0. The minimum atomic E-state index is 0. The molecule has 0 aromatic carbocycles. The van der Waals surface area contributed by atoms with Crippen molar-refractivity contribution in [2.45, 2.75) is 68.2 Å². The summed E-state index contributed by atoms with van der Waals surface area (Å²) in [4.78, 5) is 0. The van der Waals surface area contributed by atoms with Crippen LogP contribution in [0.1, 0.15) is 68.2 Å². The minimum absolute atomic E-state index is 0. The van der Waals surface area contributed by atoms with E-state index in [0.29, 0.717) is 0 Å². The van der Waals surface area contributed by atoms with E-state index in [4.69, 9.17) is 0 Å². The van der Waals surface area contributed by atoms with Gasteiger partial charge in [-0.05, 0) is 0 Å². The van der Waals surface area contributed by atoms with E-state index in [-0.39, 0.29) is 14.9 Å². The van der Waals surface area contributed by atoms with Gasteiger partial charge in [-0.2, -0.15) is 0 Å². The predicted molar refractivity (Wildman–Crippen MR) is 54.6 cm³/mol. The average molecular weight is 148 g/mol. The summed E-state index contributed by atoms with van der Waals surface area (Å²) in [6.07, 6.45) is 6.00. The van der Waals surface area contributed by atoms with Crippen LogP contribution < -0.4 is 0 Å². The Labute approximate surface area is 69.0 Å². The zero-order chi connectivity index (χ0) is 6.83. The lowest BCUT2D eigenvalue weighted by atomic mass is 10.0. The largest absolute Gasteiger partial charge is 0.0776 e. The molecule has 0 amide bonds. The Kier molecular flexibility index (Phi) is 81.0. The Morgan fingerprint density at radius 3 is 0.600 bits per heavy atom. The quantitative estimate of drug-likeness (QED) is 0.459. The van der Waals surface area contributed by atoms with Crippen LogP contribution in [-0.2, 0) is 0 Å². The lowest BCUT2D eigenvalue weighted by Gasteiger charge is -2.05. The highest BCUT2D eigenvalue weighted by Gasteiger charge is 1.95. The van der Waals surface area contributed by atoms with Gasteiger partial charge in [-0.25, -0.2) is 0 Å². The van der Waals surface area contributed by atoms with Crippen molar-refractivity contribution in [2.75, 3.05) is 0 Å². The molecule has 0 aromatic heterocycles. The maximum atomic E-state index is 2.00. The third kappa shape index (κ3) is 24.5. The Morgan fingerprint density at radius 2 is 0.600 bits per heavy atom. The Morgan fingerprint density at radius 1 is 0.500 bits per heavy atom. The summed E-state index contributed by atoms with van der Waals surface area (Å²) >= 11 is 0. The maximum absolute atomic E-state index is 2.00. The van der Waals surface area contributed by atoms with Crippen molar-refractivity contribution >= 4 is 0 Å². The molecule has 1 aliphatic rings. The first kappa shape index (κ1) is 22.5. The molecule has 0 aromatic rings.